The third-order valence-electron chi connectivity index (χ3n) is 3.61. The molecule has 0 aromatic carbocycles. The van der Waals surface area contributed by atoms with Crippen LogP contribution in [0.3, 0.4) is 0 Å². The minimum absolute atomic E-state index is 0.162. The van der Waals surface area contributed by atoms with E-state index in [9.17, 15) is 8.42 Å². The molecule has 0 radical (unpaired) electrons. The van der Waals surface area contributed by atoms with E-state index in [0.29, 0.717) is 24.7 Å². The van der Waals surface area contributed by atoms with Gasteiger partial charge in [0.15, 0.2) is 5.03 Å². The number of nitrogens with one attached hydrogen (secondary N) is 2. The topological polar surface area (TPSA) is 78.1 Å². The Bertz CT molecular complexity index is 512. The monoisotopic (exact) mass is 286 g/mol. The second-order valence-corrected chi connectivity index (χ2v) is 6.68. The molecule has 108 valence electrons. The van der Waals surface area contributed by atoms with Gasteiger partial charge in [0.05, 0.1) is 6.20 Å². The van der Waals surface area contributed by atoms with Gasteiger partial charge >= 0.3 is 0 Å². The lowest BCUT2D eigenvalue weighted by Gasteiger charge is -2.13. The average molecular weight is 286 g/mol. The summed E-state index contributed by atoms with van der Waals surface area (Å²) in [5.74, 6) is 1.10. The Morgan fingerprint density at radius 1 is 1.53 bits per heavy atom. The number of hydrogen-bond acceptors (Lipinski definition) is 4. The Morgan fingerprint density at radius 3 is 2.89 bits per heavy atom. The second-order valence-electron chi connectivity index (χ2n) is 4.95. The Morgan fingerprint density at radius 2 is 2.32 bits per heavy atom. The first-order chi connectivity index (χ1) is 9.05. The molecule has 1 aromatic heterocycles. The molecule has 1 fully saturated rings. The Kier molecular flexibility index (Phi) is 4.59. The minimum Gasteiger partial charge on any atom is -0.332 e. The summed E-state index contributed by atoms with van der Waals surface area (Å²) >= 11 is 0. The molecule has 19 heavy (non-hydrogen) atoms. The van der Waals surface area contributed by atoms with E-state index in [1.54, 1.807) is 0 Å². The third kappa shape index (κ3) is 3.55. The fourth-order valence-corrected chi connectivity index (χ4v) is 3.39. The van der Waals surface area contributed by atoms with Crippen molar-refractivity contribution >= 4 is 10.0 Å². The van der Waals surface area contributed by atoms with Crippen LogP contribution in [0.4, 0.5) is 0 Å². The summed E-state index contributed by atoms with van der Waals surface area (Å²) < 4.78 is 26.8. The van der Waals surface area contributed by atoms with E-state index in [-0.39, 0.29) is 5.03 Å². The third-order valence-corrected chi connectivity index (χ3v) is 4.94. The van der Waals surface area contributed by atoms with Gasteiger partial charge in [-0.25, -0.2) is 18.1 Å². The summed E-state index contributed by atoms with van der Waals surface area (Å²) in [6.45, 7) is 7.63. The molecular weight excluding hydrogens is 264 g/mol. The lowest BCUT2D eigenvalue weighted by atomic mass is 10.1. The van der Waals surface area contributed by atoms with Gasteiger partial charge in [-0.3, -0.25) is 0 Å². The summed E-state index contributed by atoms with van der Waals surface area (Å²) in [7, 11) is -3.45. The fraction of sp³-hybridized carbons (Fsp3) is 0.750. The quantitative estimate of drug-likeness (QED) is 0.802. The predicted octanol–water partition coefficient (Wildman–Crippen LogP) is 0.592. The number of nitrogens with zero attached hydrogens (tertiary/aromatic N) is 2. The van der Waals surface area contributed by atoms with Crippen molar-refractivity contribution in [3.05, 3.63) is 12.0 Å². The van der Waals surface area contributed by atoms with Crippen LogP contribution >= 0.6 is 0 Å². The van der Waals surface area contributed by atoms with Crippen molar-refractivity contribution in [2.24, 2.45) is 5.92 Å². The van der Waals surface area contributed by atoms with Crippen LogP contribution in [0, 0.1) is 5.92 Å². The van der Waals surface area contributed by atoms with Gasteiger partial charge in [0.25, 0.3) is 10.0 Å². The summed E-state index contributed by atoms with van der Waals surface area (Å²) in [5.41, 5.74) is 0. The number of likely N-dealkylation sites (tertiary alicyclic amines) is 1. The average Bonchev–Trinajstić information content (AvgIpc) is 3.05. The number of rotatable bonds is 6. The number of sulfonamides is 1. The van der Waals surface area contributed by atoms with Crippen LogP contribution < -0.4 is 4.72 Å². The summed E-state index contributed by atoms with van der Waals surface area (Å²) in [4.78, 5) is 9.19. The highest BCUT2D eigenvalue weighted by atomic mass is 32.2. The molecule has 0 amide bonds. The zero-order chi connectivity index (χ0) is 13.9. The minimum atomic E-state index is -3.45. The molecule has 1 atom stereocenters. The second kappa shape index (κ2) is 6.02. The van der Waals surface area contributed by atoms with Crippen LogP contribution in [-0.2, 0) is 16.4 Å². The maximum atomic E-state index is 12.1. The molecule has 7 heteroatoms. The van der Waals surface area contributed by atoms with E-state index in [4.69, 9.17) is 0 Å². The van der Waals surface area contributed by atoms with E-state index in [0.717, 1.165) is 26.1 Å². The van der Waals surface area contributed by atoms with Crippen LogP contribution in [-0.4, -0.2) is 49.5 Å². The maximum Gasteiger partial charge on any atom is 0.257 e. The highest BCUT2D eigenvalue weighted by Crippen LogP contribution is 2.15. The molecule has 2 heterocycles. The van der Waals surface area contributed by atoms with Gasteiger partial charge in [0, 0.05) is 19.5 Å². The van der Waals surface area contributed by atoms with Gasteiger partial charge in [0.1, 0.15) is 5.82 Å². The number of H-pyrrole nitrogens is 1. The number of aromatic amines is 1. The zero-order valence-electron chi connectivity index (χ0n) is 11.5. The van der Waals surface area contributed by atoms with E-state index >= 15 is 0 Å². The molecule has 1 aliphatic heterocycles. The van der Waals surface area contributed by atoms with Gasteiger partial charge in [-0.2, -0.15) is 0 Å². The SMILES string of the molecule is CCc1ncc(S(=O)(=O)NCC2CCN(CC)C2)[nH]1. The Hall–Kier alpha value is -0.920. The predicted molar refractivity (Wildman–Crippen MR) is 73.4 cm³/mol. The Labute approximate surface area is 114 Å². The first-order valence-corrected chi connectivity index (χ1v) is 8.29. The number of imidazole rings is 1. The van der Waals surface area contributed by atoms with E-state index in [1.165, 1.54) is 6.20 Å². The zero-order valence-corrected chi connectivity index (χ0v) is 12.3. The molecule has 2 rings (SSSR count). The summed E-state index contributed by atoms with van der Waals surface area (Å²) in [5, 5.41) is 0.162. The molecule has 0 spiro atoms. The van der Waals surface area contributed by atoms with E-state index in [1.807, 2.05) is 6.92 Å². The lowest BCUT2D eigenvalue weighted by molar-refractivity contribution is 0.342. The first kappa shape index (κ1) is 14.5. The first-order valence-electron chi connectivity index (χ1n) is 6.81. The van der Waals surface area contributed by atoms with Crippen molar-refractivity contribution in [1.82, 2.24) is 19.6 Å². The van der Waals surface area contributed by atoms with Gasteiger partial charge in [-0.15, -0.1) is 0 Å². The van der Waals surface area contributed by atoms with Crippen molar-refractivity contribution in [3.8, 4) is 0 Å². The molecule has 1 unspecified atom stereocenters. The van der Waals surface area contributed by atoms with Gasteiger partial charge < -0.3 is 9.88 Å². The van der Waals surface area contributed by atoms with Crippen molar-refractivity contribution in [1.29, 1.82) is 0 Å². The summed E-state index contributed by atoms with van der Waals surface area (Å²) in [6, 6.07) is 0. The largest absolute Gasteiger partial charge is 0.332 e. The van der Waals surface area contributed by atoms with Gasteiger partial charge in [0.2, 0.25) is 0 Å². The van der Waals surface area contributed by atoms with Crippen LogP contribution in [0.2, 0.25) is 0 Å². The van der Waals surface area contributed by atoms with Crippen LogP contribution in [0.5, 0.6) is 0 Å². The molecule has 1 aromatic rings. The molecule has 1 aliphatic rings. The van der Waals surface area contributed by atoms with E-state index in [2.05, 4.69) is 26.5 Å². The molecule has 6 nitrogen and oxygen atoms in total. The lowest BCUT2D eigenvalue weighted by Crippen LogP contribution is -2.31. The molecular formula is C12H22N4O2S. The van der Waals surface area contributed by atoms with Gasteiger partial charge in [-0.1, -0.05) is 13.8 Å². The Balaban J connectivity index is 1.91. The number of aromatic nitrogens is 2. The maximum absolute atomic E-state index is 12.1. The molecule has 2 N–H and O–H groups in total. The van der Waals surface area contributed by atoms with Crippen molar-refractivity contribution in [3.63, 3.8) is 0 Å². The smallest absolute Gasteiger partial charge is 0.257 e. The molecule has 0 saturated carbocycles. The van der Waals surface area contributed by atoms with E-state index < -0.39 is 10.0 Å². The van der Waals surface area contributed by atoms with Crippen LogP contribution in [0.1, 0.15) is 26.1 Å². The molecule has 0 aliphatic carbocycles. The highest BCUT2D eigenvalue weighted by Gasteiger charge is 2.24. The normalized spacial score (nSPS) is 21.1. The molecule has 1 saturated heterocycles. The highest BCUT2D eigenvalue weighted by molar-refractivity contribution is 7.89. The van der Waals surface area contributed by atoms with Crippen molar-refractivity contribution in [2.75, 3.05) is 26.2 Å². The molecule has 0 bridgehead atoms. The standard InChI is InChI=1S/C12H22N4O2S/c1-3-11-13-8-12(15-11)19(17,18)14-7-10-5-6-16(4-2)9-10/h8,10,14H,3-7,9H2,1-2H3,(H,13,15). The van der Waals surface area contributed by atoms with Crippen LogP contribution in [0.25, 0.3) is 0 Å². The fourth-order valence-electron chi connectivity index (χ4n) is 2.33. The van der Waals surface area contributed by atoms with Crippen LogP contribution in [0.15, 0.2) is 11.2 Å². The summed E-state index contributed by atoms with van der Waals surface area (Å²) in [6.07, 6.45) is 3.14. The van der Waals surface area contributed by atoms with Crippen molar-refractivity contribution < 1.29 is 8.42 Å². The number of aryl methyl sites for hydroxylation is 1. The van der Waals surface area contributed by atoms with Gasteiger partial charge in [-0.05, 0) is 25.4 Å². The van der Waals surface area contributed by atoms with Crippen molar-refractivity contribution in [2.45, 2.75) is 31.7 Å². The number of hydrogen-bond donors (Lipinski definition) is 2.